The lowest BCUT2D eigenvalue weighted by atomic mass is 10.2. The van der Waals surface area contributed by atoms with Crippen LogP contribution < -0.4 is 9.64 Å². The molecule has 3 rings (SSSR count). The van der Waals surface area contributed by atoms with Crippen LogP contribution in [0.3, 0.4) is 0 Å². The molecule has 5 heteroatoms. The standard InChI is InChI=1S/C13H16N4O.C2H6/c1-7-5-10-11-12(16-9(3)15-10)17(4)8(2)6-18-13(11)14-7;1-2/h5,8H,6H2,1-4H3;1-2H3. The van der Waals surface area contributed by atoms with Crippen LogP contribution in [0.15, 0.2) is 6.07 Å². The number of pyridine rings is 1. The molecular weight excluding hydrogens is 252 g/mol. The van der Waals surface area contributed by atoms with Crippen LogP contribution in [0.1, 0.15) is 32.3 Å². The molecular formula is C15H22N4O. The molecule has 3 heterocycles. The van der Waals surface area contributed by atoms with Crippen molar-refractivity contribution < 1.29 is 4.74 Å². The van der Waals surface area contributed by atoms with E-state index in [4.69, 9.17) is 4.74 Å². The summed E-state index contributed by atoms with van der Waals surface area (Å²) in [6, 6.07) is 2.24. The molecule has 1 aliphatic heterocycles. The van der Waals surface area contributed by atoms with Crippen molar-refractivity contribution >= 4 is 16.7 Å². The average molecular weight is 274 g/mol. The minimum absolute atomic E-state index is 0.261. The van der Waals surface area contributed by atoms with E-state index in [0.29, 0.717) is 12.5 Å². The third kappa shape index (κ3) is 2.40. The fourth-order valence-electron chi connectivity index (χ4n) is 2.21. The van der Waals surface area contributed by atoms with Gasteiger partial charge < -0.3 is 9.64 Å². The van der Waals surface area contributed by atoms with Crippen LogP contribution in [0.4, 0.5) is 5.82 Å². The maximum Gasteiger partial charge on any atom is 0.227 e. The van der Waals surface area contributed by atoms with Crippen LogP contribution in [-0.2, 0) is 0 Å². The Labute approximate surface area is 120 Å². The number of rotatable bonds is 0. The fraction of sp³-hybridized carbons (Fsp3) is 0.533. The summed E-state index contributed by atoms with van der Waals surface area (Å²) in [5.74, 6) is 2.33. The first kappa shape index (κ1) is 14.5. The molecule has 0 spiro atoms. The summed E-state index contributed by atoms with van der Waals surface area (Å²) in [5.41, 5.74) is 1.82. The average Bonchev–Trinajstić information content (AvgIpc) is 2.54. The van der Waals surface area contributed by atoms with Gasteiger partial charge in [-0.05, 0) is 26.8 Å². The largest absolute Gasteiger partial charge is 0.475 e. The number of hydrogen-bond acceptors (Lipinski definition) is 5. The molecule has 1 aliphatic rings. The number of likely N-dealkylation sites (N-methyl/N-ethyl adjacent to an activating group) is 1. The molecule has 5 nitrogen and oxygen atoms in total. The fourth-order valence-corrected chi connectivity index (χ4v) is 2.21. The summed E-state index contributed by atoms with van der Waals surface area (Å²) in [6.45, 7) is 10.6. The first-order valence-electron chi connectivity index (χ1n) is 7.08. The van der Waals surface area contributed by atoms with Crippen LogP contribution in [0, 0.1) is 13.8 Å². The highest BCUT2D eigenvalue weighted by Gasteiger charge is 2.24. The highest BCUT2D eigenvalue weighted by atomic mass is 16.5. The molecule has 0 saturated carbocycles. The van der Waals surface area contributed by atoms with Crippen LogP contribution in [0.2, 0.25) is 0 Å². The molecule has 0 fully saturated rings. The van der Waals surface area contributed by atoms with Gasteiger partial charge in [-0.25, -0.2) is 15.0 Å². The lowest BCUT2D eigenvalue weighted by Crippen LogP contribution is -2.33. The Morgan fingerprint density at radius 1 is 1.20 bits per heavy atom. The summed E-state index contributed by atoms with van der Waals surface area (Å²) in [5, 5.41) is 0.915. The number of nitrogens with zero attached hydrogens (tertiary/aromatic N) is 4. The van der Waals surface area contributed by atoms with Gasteiger partial charge in [-0.15, -0.1) is 0 Å². The van der Waals surface area contributed by atoms with Crippen molar-refractivity contribution in [1.29, 1.82) is 0 Å². The Morgan fingerprint density at radius 2 is 1.90 bits per heavy atom. The highest BCUT2D eigenvalue weighted by Crippen LogP contribution is 2.34. The van der Waals surface area contributed by atoms with Gasteiger partial charge in [0.25, 0.3) is 0 Å². The van der Waals surface area contributed by atoms with Crippen molar-refractivity contribution in [3.63, 3.8) is 0 Å². The van der Waals surface area contributed by atoms with Crippen molar-refractivity contribution in [3.05, 3.63) is 17.6 Å². The van der Waals surface area contributed by atoms with Crippen molar-refractivity contribution in [3.8, 4) is 5.88 Å². The monoisotopic (exact) mass is 274 g/mol. The Kier molecular flexibility index (Phi) is 4.06. The number of anilines is 1. The predicted octanol–water partition coefficient (Wildman–Crippen LogP) is 2.88. The molecule has 20 heavy (non-hydrogen) atoms. The van der Waals surface area contributed by atoms with Gasteiger partial charge in [0, 0.05) is 12.7 Å². The van der Waals surface area contributed by atoms with E-state index in [0.717, 1.165) is 28.2 Å². The van der Waals surface area contributed by atoms with Gasteiger partial charge >= 0.3 is 0 Å². The molecule has 0 aromatic carbocycles. The zero-order valence-electron chi connectivity index (χ0n) is 13.1. The summed E-state index contributed by atoms with van der Waals surface area (Å²) in [6.07, 6.45) is 0. The van der Waals surface area contributed by atoms with E-state index in [2.05, 4.69) is 26.8 Å². The van der Waals surface area contributed by atoms with Crippen LogP contribution in [0.25, 0.3) is 10.9 Å². The van der Waals surface area contributed by atoms with E-state index >= 15 is 0 Å². The maximum absolute atomic E-state index is 5.79. The van der Waals surface area contributed by atoms with E-state index < -0.39 is 0 Å². The molecule has 1 atom stereocenters. The highest BCUT2D eigenvalue weighted by molar-refractivity contribution is 5.94. The first-order valence-corrected chi connectivity index (χ1v) is 7.08. The first-order chi connectivity index (χ1) is 9.56. The second kappa shape index (κ2) is 5.61. The third-order valence-electron chi connectivity index (χ3n) is 3.32. The summed E-state index contributed by atoms with van der Waals surface area (Å²) >= 11 is 0. The van der Waals surface area contributed by atoms with E-state index in [-0.39, 0.29) is 6.04 Å². The number of aryl methyl sites for hydroxylation is 2. The SMILES string of the molecule is CC.Cc1cc2nc(C)nc3c2c(n1)OCC(C)N3C. The minimum atomic E-state index is 0.261. The molecule has 0 radical (unpaired) electrons. The Balaban J connectivity index is 0.000000704. The predicted molar refractivity (Wildman–Crippen MR) is 81.5 cm³/mol. The molecule has 2 aromatic heterocycles. The van der Waals surface area contributed by atoms with Gasteiger partial charge in [-0.2, -0.15) is 0 Å². The Morgan fingerprint density at radius 3 is 2.60 bits per heavy atom. The number of aromatic nitrogens is 3. The molecule has 108 valence electrons. The Bertz CT molecular complexity index is 622. The molecule has 0 bridgehead atoms. The molecule has 0 amide bonds. The lowest BCUT2D eigenvalue weighted by molar-refractivity contribution is 0.289. The molecule has 2 aromatic rings. The number of ether oxygens (including phenoxy) is 1. The maximum atomic E-state index is 5.79. The van der Waals surface area contributed by atoms with E-state index in [1.807, 2.05) is 40.8 Å². The van der Waals surface area contributed by atoms with E-state index in [1.165, 1.54) is 0 Å². The zero-order valence-corrected chi connectivity index (χ0v) is 13.1. The molecule has 0 aliphatic carbocycles. The smallest absolute Gasteiger partial charge is 0.227 e. The second-order valence-electron chi connectivity index (χ2n) is 4.83. The quantitative estimate of drug-likeness (QED) is 0.739. The lowest BCUT2D eigenvalue weighted by Gasteiger charge is -2.23. The molecule has 0 saturated heterocycles. The van der Waals surface area contributed by atoms with Gasteiger partial charge in [-0.3, -0.25) is 0 Å². The van der Waals surface area contributed by atoms with E-state index in [9.17, 15) is 0 Å². The molecule has 0 N–H and O–H groups in total. The van der Waals surface area contributed by atoms with Gasteiger partial charge in [0.15, 0.2) is 0 Å². The summed E-state index contributed by atoms with van der Waals surface area (Å²) in [4.78, 5) is 15.6. The van der Waals surface area contributed by atoms with Crippen molar-refractivity contribution in [2.24, 2.45) is 0 Å². The topological polar surface area (TPSA) is 51.1 Å². The van der Waals surface area contributed by atoms with Crippen molar-refractivity contribution in [1.82, 2.24) is 15.0 Å². The Hall–Kier alpha value is -1.91. The van der Waals surface area contributed by atoms with Gasteiger partial charge in [0.05, 0.1) is 11.6 Å². The second-order valence-corrected chi connectivity index (χ2v) is 4.83. The molecule has 1 unspecified atom stereocenters. The van der Waals surface area contributed by atoms with Crippen LogP contribution >= 0.6 is 0 Å². The number of hydrogen-bond donors (Lipinski definition) is 0. The van der Waals surface area contributed by atoms with Crippen molar-refractivity contribution in [2.45, 2.75) is 40.7 Å². The van der Waals surface area contributed by atoms with Gasteiger partial charge in [0.2, 0.25) is 5.88 Å². The normalized spacial score (nSPS) is 17.1. The van der Waals surface area contributed by atoms with Gasteiger partial charge in [-0.1, -0.05) is 13.8 Å². The van der Waals surface area contributed by atoms with Gasteiger partial charge in [0.1, 0.15) is 23.6 Å². The summed E-state index contributed by atoms with van der Waals surface area (Å²) in [7, 11) is 2.03. The third-order valence-corrected chi connectivity index (χ3v) is 3.32. The van der Waals surface area contributed by atoms with E-state index in [1.54, 1.807) is 0 Å². The zero-order chi connectivity index (χ0) is 14.9. The van der Waals surface area contributed by atoms with Crippen LogP contribution in [0.5, 0.6) is 5.88 Å². The minimum Gasteiger partial charge on any atom is -0.475 e. The summed E-state index contributed by atoms with van der Waals surface area (Å²) < 4.78 is 5.79. The van der Waals surface area contributed by atoms with Crippen molar-refractivity contribution in [2.75, 3.05) is 18.6 Å². The van der Waals surface area contributed by atoms with Crippen LogP contribution in [-0.4, -0.2) is 34.6 Å².